The Hall–Kier alpha value is -0.850. The quantitative estimate of drug-likeness (QED) is 0.677. The molecule has 1 aromatic carbocycles. The minimum atomic E-state index is -0.351. The van der Waals surface area contributed by atoms with E-state index in [0.29, 0.717) is 0 Å². The molecule has 0 aliphatic carbocycles. The maximum Gasteiger partial charge on any atom is 0.0997 e. The average Bonchev–Trinajstić information content (AvgIpc) is 2.24. The van der Waals surface area contributed by atoms with E-state index in [2.05, 4.69) is 32.0 Å². The van der Waals surface area contributed by atoms with Crippen molar-refractivity contribution in [3.8, 4) is 0 Å². The normalized spacial score (nSPS) is 11.0. The lowest BCUT2D eigenvalue weighted by molar-refractivity contribution is 0.516. The molecule has 0 unspecified atom stereocenters. The van der Waals surface area contributed by atoms with E-state index in [1.807, 2.05) is 6.92 Å². The molecule has 83 valence electrons. The lowest BCUT2D eigenvalue weighted by Crippen LogP contribution is -1.99. The second kappa shape index (κ2) is 5.89. The van der Waals surface area contributed by atoms with Gasteiger partial charge in [-0.05, 0) is 30.9 Å². The second-order valence-electron chi connectivity index (χ2n) is 4.22. The first kappa shape index (κ1) is 12.2. The average molecular weight is 207 g/mol. The second-order valence-corrected chi connectivity index (χ2v) is 4.22. The molecule has 0 aliphatic rings. The van der Waals surface area contributed by atoms with Crippen LogP contribution < -0.4 is 0 Å². The number of hydrogen-bond donors (Lipinski definition) is 0. The van der Waals surface area contributed by atoms with Crippen LogP contribution in [0.25, 0.3) is 0 Å². The third-order valence-corrected chi connectivity index (χ3v) is 2.65. The van der Waals surface area contributed by atoms with Crippen LogP contribution in [-0.2, 0) is 6.42 Å². The summed E-state index contributed by atoms with van der Waals surface area (Å²) in [6, 6.07) is 6.38. The summed E-state index contributed by atoms with van der Waals surface area (Å²) >= 11 is 0. The van der Waals surface area contributed by atoms with Gasteiger partial charge in [-0.25, -0.2) is 0 Å². The van der Waals surface area contributed by atoms with Gasteiger partial charge in [0.1, 0.15) is 0 Å². The third-order valence-electron chi connectivity index (χ3n) is 2.65. The SMILES string of the molecule is CCCCc1cc(C)cc([C](C)CF)c1. The first-order chi connectivity index (χ1) is 7.17. The van der Waals surface area contributed by atoms with Crippen molar-refractivity contribution in [3.05, 3.63) is 40.8 Å². The zero-order valence-electron chi connectivity index (χ0n) is 9.94. The van der Waals surface area contributed by atoms with Gasteiger partial charge in [0.05, 0.1) is 6.67 Å². The Labute approximate surface area is 92.5 Å². The Morgan fingerprint density at radius 1 is 1.27 bits per heavy atom. The molecule has 15 heavy (non-hydrogen) atoms. The maximum atomic E-state index is 12.6. The van der Waals surface area contributed by atoms with Crippen LogP contribution in [0.4, 0.5) is 4.39 Å². The summed E-state index contributed by atoms with van der Waals surface area (Å²) in [5, 5.41) is 0. The van der Waals surface area contributed by atoms with Crippen molar-refractivity contribution in [2.75, 3.05) is 6.67 Å². The zero-order chi connectivity index (χ0) is 11.3. The zero-order valence-corrected chi connectivity index (χ0v) is 9.94. The van der Waals surface area contributed by atoms with Crippen molar-refractivity contribution in [1.29, 1.82) is 0 Å². The van der Waals surface area contributed by atoms with Crippen molar-refractivity contribution in [2.45, 2.75) is 40.0 Å². The molecule has 0 fully saturated rings. The van der Waals surface area contributed by atoms with Crippen molar-refractivity contribution in [1.82, 2.24) is 0 Å². The minimum Gasteiger partial charge on any atom is -0.250 e. The van der Waals surface area contributed by atoms with Crippen molar-refractivity contribution >= 4 is 0 Å². The lowest BCUT2D eigenvalue weighted by Gasteiger charge is -2.10. The number of rotatable bonds is 5. The molecule has 0 saturated carbocycles. The van der Waals surface area contributed by atoms with Crippen molar-refractivity contribution < 1.29 is 4.39 Å². The molecule has 0 bridgehead atoms. The fourth-order valence-electron chi connectivity index (χ4n) is 1.71. The van der Waals surface area contributed by atoms with Gasteiger partial charge in [0.25, 0.3) is 0 Å². The smallest absolute Gasteiger partial charge is 0.0997 e. The maximum absolute atomic E-state index is 12.6. The van der Waals surface area contributed by atoms with Gasteiger partial charge in [0, 0.05) is 5.92 Å². The molecular weight excluding hydrogens is 187 g/mol. The highest BCUT2D eigenvalue weighted by molar-refractivity contribution is 5.37. The highest BCUT2D eigenvalue weighted by Crippen LogP contribution is 2.19. The van der Waals surface area contributed by atoms with Gasteiger partial charge < -0.3 is 0 Å². The molecule has 0 saturated heterocycles. The summed E-state index contributed by atoms with van der Waals surface area (Å²) in [6.45, 7) is 5.77. The summed E-state index contributed by atoms with van der Waals surface area (Å²) in [7, 11) is 0. The highest BCUT2D eigenvalue weighted by Gasteiger charge is 2.07. The molecule has 0 nitrogen and oxygen atoms in total. The van der Waals surface area contributed by atoms with Crippen molar-refractivity contribution in [3.63, 3.8) is 0 Å². The van der Waals surface area contributed by atoms with Gasteiger partial charge in [-0.3, -0.25) is 4.39 Å². The van der Waals surface area contributed by atoms with E-state index in [9.17, 15) is 4.39 Å². The summed E-state index contributed by atoms with van der Waals surface area (Å²) in [5.74, 6) is 0.830. The van der Waals surface area contributed by atoms with E-state index in [-0.39, 0.29) is 6.67 Å². The number of alkyl halides is 1. The number of benzene rings is 1. The Morgan fingerprint density at radius 3 is 2.60 bits per heavy atom. The Kier molecular flexibility index (Phi) is 4.80. The molecular formula is C14H20F. The van der Waals surface area contributed by atoms with E-state index in [0.717, 1.165) is 17.9 Å². The number of unbranched alkanes of at least 4 members (excludes halogenated alkanes) is 1. The predicted octanol–water partition coefficient (Wildman–Crippen LogP) is 4.25. The van der Waals surface area contributed by atoms with Crippen molar-refractivity contribution in [2.24, 2.45) is 0 Å². The van der Waals surface area contributed by atoms with Gasteiger partial charge in [0.2, 0.25) is 0 Å². The molecule has 0 amide bonds. The van der Waals surface area contributed by atoms with Crippen LogP contribution in [0, 0.1) is 12.8 Å². The number of halogens is 1. The Morgan fingerprint density at radius 2 is 2.00 bits per heavy atom. The fraction of sp³-hybridized carbons (Fsp3) is 0.500. The molecule has 0 N–H and O–H groups in total. The monoisotopic (exact) mass is 207 g/mol. The van der Waals surface area contributed by atoms with E-state index < -0.39 is 0 Å². The van der Waals surface area contributed by atoms with Gasteiger partial charge in [-0.15, -0.1) is 0 Å². The van der Waals surface area contributed by atoms with E-state index in [4.69, 9.17) is 0 Å². The van der Waals surface area contributed by atoms with Crippen LogP contribution in [0.3, 0.4) is 0 Å². The van der Waals surface area contributed by atoms with Gasteiger partial charge in [0.15, 0.2) is 0 Å². The minimum absolute atomic E-state index is 0.351. The highest BCUT2D eigenvalue weighted by atomic mass is 19.1. The topological polar surface area (TPSA) is 0 Å². The summed E-state index contributed by atoms with van der Waals surface area (Å²) < 4.78 is 12.6. The van der Waals surface area contributed by atoms with E-state index in [1.54, 1.807) is 0 Å². The van der Waals surface area contributed by atoms with E-state index >= 15 is 0 Å². The Bertz CT molecular complexity index is 304. The van der Waals surface area contributed by atoms with Crippen LogP contribution in [-0.4, -0.2) is 6.67 Å². The molecule has 1 heteroatoms. The molecule has 0 aliphatic heterocycles. The molecule has 0 atom stereocenters. The van der Waals surface area contributed by atoms with E-state index in [1.165, 1.54) is 24.0 Å². The standard InChI is InChI=1S/C14H20F/c1-4-5-6-13-7-11(2)8-14(9-13)12(3)10-15/h7-9H,4-6,10H2,1-3H3. The third kappa shape index (κ3) is 3.65. The van der Waals surface area contributed by atoms with Crippen LogP contribution in [0.1, 0.15) is 43.4 Å². The molecule has 0 spiro atoms. The Balaban J connectivity index is 2.84. The molecule has 1 radical (unpaired) electrons. The van der Waals surface area contributed by atoms with Crippen LogP contribution in [0.15, 0.2) is 18.2 Å². The number of hydrogen-bond acceptors (Lipinski definition) is 0. The van der Waals surface area contributed by atoms with Crippen LogP contribution >= 0.6 is 0 Å². The van der Waals surface area contributed by atoms with Gasteiger partial charge in [-0.1, -0.05) is 44.0 Å². The summed E-state index contributed by atoms with van der Waals surface area (Å²) in [4.78, 5) is 0. The van der Waals surface area contributed by atoms with Crippen LogP contribution in [0.5, 0.6) is 0 Å². The first-order valence-corrected chi connectivity index (χ1v) is 5.66. The number of aryl methyl sites for hydroxylation is 2. The van der Waals surface area contributed by atoms with Crippen LogP contribution in [0.2, 0.25) is 0 Å². The molecule has 1 rings (SSSR count). The molecule has 0 heterocycles. The summed E-state index contributed by atoms with van der Waals surface area (Å²) in [5.41, 5.74) is 3.62. The fourth-order valence-corrected chi connectivity index (χ4v) is 1.71. The summed E-state index contributed by atoms with van der Waals surface area (Å²) in [6.07, 6.45) is 3.51. The molecule has 1 aromatic rings. The predicted molar refractivity (Wildman–Crippen MR) is 63.8 cm³/mol. The van der Waals surface area contributed by atoms with Gasteiger partial charge in [-0.2, -0.15) is 0 Å². The van der Waals surface area contributed by atoms with Gasteiger partial charge >= 0.3 is 0 Å². The molecule has 0 aromatic heterocycles. The largest absolute Gasteiger partial charge is 0.250 e. The first-order valence-electron chi connectivity index (χ1n) is 5.66. The lowest BCUT2D eigenvalue weighted by atomic mass is 9.96.